The highest BCUT2D eigenvalue weighted by Crippen LogP contribution is 2.31. The number of benzene rings is 2. The first-order valence-corrected chi connectivity index (χ1v) is 6.99. The Morgan fingerprint density at radius 1 is 1.10 bits per heavy atom. The van der Waals surface area contributed by atoms with Crippen LogP contribution < -0.4 is 4.74 Å². The molecule has 0 bridgehead atoms. The monoisotopic (exact) mass is 283 g/mol. The Morgan fingerprint density at radius 3 is 2.57 bits per heavy atom. The normalized spacial score (nSPS) is 15.1. The molecule has 2 aromatic rings. The smallest absolute Gasteiger partial charge is 0.123 e. The third kappa shape index (κ3) is 2.83. The van der Waals surface area contributed by atoms with Crippen molar-refractivity contribution in [3.8, 4) is 5.75 Å². The van der Waals surface area contributed by atoms with Gasteiger partial charge in [-0.1, -0.05) is 24.3 Å². The van der Waals surface area contributed by atoms with Crippen molar-refractivity contribution in [1.82, 2.24) is 4.90 Å². The van der Waals surface area contributed by atoms with E-state index >= 15 is 0 Å². The Hall–Kier alpha value is -2.13. The predicted molar refractivity (Wildman–Crippen MR) is 82.8 cm³/mol. The van der Waals surface area contributed by atoms with Crippen molar-refractivity contribution in [3.63, 3.8) is 0 Å². The lowest BCUT2D eigenvalue weighted by Crippen LogP contribution is -2.16. The molecule has 0 unspecified atom stereocenters. The fourth-order valence-corrected chi connectivity index (χ4v) is 2.71. The van der Waals surface area contributed by atoms with Crippen LogP contribution in [-0.4, -0.2) is 25.6 Å². The Kier molecular flexibility index (Phi) is 3.76. The summed E-state index contributed by atoms with van der Waals surface area (Å²) in [5, 5.41) is 0. The van der Waals surface area contributed by atoms with Crippen molar-refractivity contribution in [2.75, 3.05) is 20.7 Å². The first kappa shape index (κ1) is 13.8. The van der Waals surface area contributed by atoms with Crippen molar-refractivity contribution in [2.24, 2.45) is 0 Å². The summed E-state index contributed by atoms with van der Waals surface area (Å²) in [7, 11) is 3.77. The van der Waals surface area contributed by atoms with E-state index in [0.717, 1.165) is 30.0 Å². The Morgan fingerprint density at radius 2 is 1.86 bits per heavy atom. The molecule has 0 amide bonds. The zero-order valence-electron chi connectivity index (χ0n) is 12.3. The van der Waals surface area contributed by atoms with Gasteiger partial charge in [-0.2, -0.15) is 0 Å². The van der Waals surface area contributed by atoms with Crippen LogP contribution in [0.15, 0.2) is 48.5 Å². The molecule has 0 radical (unpaired) electrons. The summed E-state index contributed by atoms with van der Waals surface area (Å²) in [5.41, 5.74) is 4.60. The van der Waals surface area contributed by atoms with E-state index in [4.69, 9.17) is 4.74 Å². The number of rotatable bonds is 2. The molecule has 1 heterocycles. The van der Waals surface area contributed by atoms with Gasteiger partial charge in [0.2, 0.25) is 0 Å². The number of hydrogen-bond donors (Lipinski definition) is 0. The summed E-state index contributed by atoms with van der Waals surface area (Å²) in [6.07, 6.45) is 2.20. The number of nitrogens with zero attached hydrogens (tertiary/aromatic N) is 1. The van der Waals surface area contributed by atoms with E-state index in [9.17, 15) is 4.39 Å². The first-order valence-electron chi connectivity index (χ1n) is 6.99. The summed E-state index contributed by atoms with van der Waals surface area (Å²) < 4.78 is 18.5. The summed E-state index contributed by atoms with van der Waals surface area (Å²) in [6, 6.07) is 12.8. The average Bonchev–Trinajstić information content (AvgIpc) is 2.65. The predicted octanol–water partition coefficient (Wildman–Crippen LogP) is 3.71. The summed E-state index contributed by atoms with van der Waals surface area (Å²) in [6.45, 7) is 1.73. The molecular weight excluding hydrogens is 265 g/mol. The average molecular weight is 283 g/mol. The molecular formula is C18H18FNO. The number of methoxy groups -OCH3 is 1. The van der Waals surface area contributed by atoms with E-state index < -0.39 is 0 Å². The Labute approximate surface area is 124 Å². The molecule has 1 aliphatic rings. The lowest BCUT2D eigenvalue weighted by Gasteiger charge is -2.15. The van der Waals surface area contributed by atoms with E-state index in [1.54, 1.807) is 7.11 Å². The molecule has 0 saturated carbocycles. The summed E-state index contributed by atoms with van der Waals surface area (Å²) >= 11 is 0. The first-order chi connectivity index (χ1) is 10.2. The summed E-state index contributed by atoms with van der Waals surface area (Å²) in [5.74, 6) is 0.655. The third-order valence-corrected chi connectivity index (χ3v) is 3.81. The lowest BCUT2D eigenvalue weighted by molar-refractivity contribution is 0.363. The van der Waals surface area contributed by atoms with Crippen molar-refractivity contribution >= 4 is 5.57 Å². The standard InChI is InChI=1S/C18H18FNO/c1-20-10-9-18(13-3-5-15(19)6-4-13)17-8-7-16(21-2)11-14(17)12-20/h3-9,11H,10,12H2,1-2H3. The molecule has 0 fully saturated rings. The summed E-state index contributed by atoms with van der Waals surface area (Å²) in [4.78, 5) is 2.24. The topological polar surface area (TPSA) is 12.5 Å². The van der Waals surface area contributed by atoms with Gasteiger partial charge < -0.3 is 4.74 Å². The zero-order valence-corrected chi connectivity index (χ0v) is 12.3. The van der Waals surface area contributed by atoms with Gasteiger partial charge in [-0.25, -0.2) is 4.39 Å². The molecule has 0 N–H and O–H groups in total. The van der Waals surface area contributed by atoms with Crippen LogP contribution >= 0.6 is 0 Å². The quantitative estimate of drug-likeness (QED) is 0.833. The van der Waals surface area contributed by atoms with Crippen LogP contribution in [0.5, 0.6) is 5.75 Å². The van der Waals surface area contributed by atoms with E-state index in [0.29, 0.717) is 0 Å². The van der Waals surface area contributed by atoms with Gasteiger partial charge in [0, 0.05) is 13.1 Å². The SMILES string of the molecule is COc1ccc2c(c1)CN(C)CC=C2c1ccc(F)cc1. The Bertz CT molecular complexity index is 676. The minimum atomic E-state index is -0.208. The molecule has 0 aliphatic carbocycles. The van der Waals surface area contributed by atoms with Crippen LogP contribution in [0.2, 0.25) is 0 Å². The van der Waals surface area contributed by atoms with Gasteiger partial charge in [0.25, 0.3) is 0 Å². The van der Waals surface area contributed by atoms with Gasteiger partial charge in [-0.05, 0) is 53.6 Å². The number of hydrogen-bond acceptors (Lipinski definition) is 2. The molecule has 0 aromatic heterocycles. The van der Waals surface area contributed by atoms with Gasteiger partial charge in [0.1, 0.15) is 11.6 Å². The van der Waals surface area contributed by atoms with Gasteiger partial charge >= 0.3 is 0 Å². The van der Waals surface area contributed by atoms with E-state index in [2.05, 4.69) is 30.2 Å². The van der Waals surface area contributed by atoms with Crippen LogP contribution in [0.4, 0.5) is 4.39 Å². The van der Waals surface area contributed by atoms with Gasteiger partial charge in [-0.15, -0.1) is 0 Å². The molecule has 0 spiro atoms. The number of fused-ring (bicyclic) bond motifs is 1. The van der Waals surface area contributed by atoms with Crippen molar-refractivity contribution in [2.45, 2.75) is 6.54 Å². The molecule has 108 valence electrons. The largest absolute Gasteiger partial charge is 0.497 e. The van der Waals surface area contributed by atoms with Crippen molar-refractivity contribution in [3.05, 3.63) is 71.0 Å². The molecule has 3 rings (SSSR count). The second-order valence-corrected chi connectivity index (χ2v) is 5.34. The molecule has 0 atom stereocenters. The fraction of sp³-hybridized carbons (Fsp3) is 0.222. The van der Waals surface area contributed by atoms with Crippen LogP contribution in [0.1, 0.15) is 16.7 Å². The van der Waals surface area contributed by atoms with Gasteiger partial charge in [0.15, 0.2) is 0 Å². The third-order valence-electron chi connectivity index (χ3n) is 3.81. The highest BCUT2D eigenvalue weighted by molar-refractivity contribution is 5.82. The maximum absolute atomic E-state index is 13.1. The maximum Gasteiger partial charge on any atom is 0.123 e. The lowest BCUT2D eigenvalue weighted by atomic mass is 9.94. The molecule has 2 nitrogen and oxygen atoms in total. The highest BCUT2D eigenvalue weighted by Gasteiger charge is 2.16. The molecule has 3 heteroatoms. The molecule has 21 heavy (non-hydrogen) atoms. The second-order valence-electron chi connectivity index (χ2n) is 5.34. The molecule has 1 aliphatic heterocycles. The highest BCUT2D eigenvalue weighted by atomic mass is 19.1. The van der Waals surface area contributed by atoms with Crippen LogP contribution in [0, 0.1) is 5.82 Å². The van der Waals surface area contributed by atoms with Crippen LogP contribution in [-0.2, 0) is 6.54 Å². The number of halogens is 1. The van der Waals surface area contributed by atoms with E-state index in [-0.39, 0.29) is 5.82 Å². The van der Waals surface area contributed by atoms with Crippen LogP contribution in [0.25, 0.3) is 5.57 Å². The molecule has 0 saturated heterocycles. The van der Waals surface area contributed by atoms with Crippen molar-refractivity contribution in [1.29, 1.82) is 0 Å². The fourth-order valence-electron chi connectivity index (χ4n) is 2.71. The second kappa shape index (κ2) is 5.70. The molecule has 2 aromatic carbocycles. The Balaban J connectivity index is 2.11. The zero-order chi connectivity index (χ0) is 14.8. The van der Waals surface area contributed by atoms with Gasteiger partial charge in [-0.3, -0.25) is 4.90 Å². The minimum Gasteiger partial charge on any atom is -0.497 e. The van der Waals surface area contributed by atoms with Crippen LogP contribution in [0.3, 0.4) is 0 Å². The van der Waals surface area contributed by atoms with Crippen molar-refractivity contribution < 1.29 is 9.13 Å². The van der Waals surface area contributed by atoms with E-state index in [1.807, 2.05) is 18.2 Å². The van der Waals surface area contributed by atoms with E-state index in [1.165, 1.54) is 23.3 Å². The minimum absolute atomic E-state index is 0.208. The maximum atomic E-state index is 13.1. The van der Waals surface area contributed by atoms with Gasteiger partial charge in [0.05, 0.1) is 7.11 Å². The number of likely N-dealkylation sites (N-methyl/N-ethyl adjacent to an activating group) is 1. The number of ether oxygens (including phenoxy) is 1.